The first kappa shape index (κ1) is 13.9. The highest BCUT2D eigenvalue weighted by Gasteiger charge is 2.33. The third-order valence-electron chi connectivity index (χ3n) is 2.71. The Morgan fingerprint density at radius 3 is 2.55 bits per heavy atom. The molecule has 106 valence electrons. The van der Waals surface area contributed by atoms with Crippen molar-refractivity contribution in [2.24, 2.45) is 7.05 Å². The Morgan fingerprint density at radius 2 is 2.00 bits per heavy atom. The summed E-state index contributed by atoms with van der Waals surface area (Å²) >= 11 is 0. The summed E-state index contributed by atoms with van der Waals surface area (Å²) < 4.78 is 39.6. The number of alkyl halides is 3. The number of nitrogens with one attached hydrogen (secondary N) is 1. The van der Waals surface area contributed by atoms with Crippen molar-refractivity contribution in [3.63, 3.8) is 0 Å². The Bertz CT molecular complexity index is 648. The Kier molecular flexibility index (Phi) is 3.39. The predicted molar refractivity (Wildman–Crippen MR) is 67.0 cm³/mol. The summed E-state index contributed by atoms with van der Waals surface area (Å²) in [7, 11) is 1.52. The second kappa shape index (κ2) is 4.87. The molecular formula is C12H11F3N4O. The molecule has 0 aliphatic rings. The van der Waals surface area contributed by atoms with Gasteiger partial charge in [-0.25, -0.2) is 0 Å². The summed E-state index contributed by atoms with van der Waals surface area (Å²) in [5.41, 5.74) is 4.37. The largest absolute Gasteiger partial charge is 0.418 e. The maximum absolute atomic E-state index is 12.8. The van der Waals surface area contributed by atoms with Crippen LogP contribution in [0.5, 0.6) is 0 Å². The molecule has 0 unspecified atom stereocenters. The number of anilines is 2. The summed E-state index contributed by atoms with van der Waals surface area (Å²) in [6.07, 6.45) is -3.36. The number of carbonyl (C=O) groups is 1. The van der Waals surface area contributed by atoms with Gasteiger partial charge in [0.05, 0.1) is 17.4 Å². The predicted octanol–water partition coefficient (Wildman–Crippen LogP) is 2.27. The first-order valence-electron chi connectivity index (χ1n) is 5.55. The Balaban J connectivity index is 2.32. The number of benzene rings is 1. The maximum atomic E-state index is 12.8. The fourth-order valence-corrected chi connectivity index (χ4v) is 1.65. The van der Waals surface area contributed by atoms with Crippen molar-refractivity contribution in [1.82, 2.24) is 9.78 Å². The third-order valence-corrected chi connectivity index (χ3v) is 2.71. The van der Waals surface area contributed by atoms with E-state index in [4.69, 9.17) is 5.73 Å². The van der Waals surface area contributed by atoms with E-state index in [-0.39, 0.29) is 17.1 Å². The number of nitrogens with two attached hydrogens (primary N) is 1. The Morgan fingerprint density at radius 1 is 1.35 bits per heavy atom. The van der Waals surface area contributed by atoms with E-state index < -0.39 is 17.6 Å². The maximum Gasteiger partial charge on any atom is 0.418 e. The normalized spacial score (nSPS) is 11.4. The van der Waals surface area contributed by atoms with E-state index in [1.807, 2.05) is 0 Å². The first-order valence-corrected chi connectivity index (χ1v) is 5.55. The van der Waals surface area contributed by atoms with Gasteiger partial charge in [-0.05, 0) is 12.1 Å². The van der Waals surface area contributed by atoms with Crippen molar-refractivity contribution < 1.29 is 18.0 Å². The Hall–Kier alpha value is -2.51. The number of para-hydroxylation sites is 1. The first-order chi connectivity index (χ1) is 9.30. The van der Waals surface area contributed by atoms with Gasteiger partial charge in [-0.3, -0.25) is 9.48 Å². The zero-order chi connectivity index (χ0) is 14.9. The lowest BCUT2D eigenvalue weighted by Crippen LogP contribution is -2.17. The van der Waals surface area contributed by atoms with Gasteiger partial charge in [0.1, 0.15) is 11.4 Å². The van der Waals surface area contributed by atoms with Gasteiger partial charge in [0.15, 0.2) is 0 Å². The molecule has 0 saturated heterocycles. The van der Waals surface area contributed by atoms with E-state index in [2.05, 4.69) is 10.4 Å². The van der Waals surface area contributed by atoms with Crippen molar-refractivity contribution in [2.75, 3.05) is 11.1 Å². The highest BCUT2D eigenvalue weighted by molar-refractivity contribution is 6.07. The van der Waals surface area contributed by atoms with Crippen LogP contribution in [0.3, 0.4) is 0 Å². The number of hydrogen-bond donors (Lipinski definition) is 2. The zero-order valence-electron chi connectivity index (χ0n) is 10.4. The van der Waals surface area contributed by atoms with E-state index in [1.165, 1.54) is 36.1 Å². The van der Waals surface area contributed by atoms with Gasteiger partial charge in [0.2, 0.25) is 0 Å². The smallest absolute Gasteiger partial charge is 0.383 e. The lowest BCUT2D eigenvalue weighted by molar-refractivity contribution is -0.136. The number of nitrogen functional groups attached to an aromatic ring is 1. The lowest BCUT2D eigenvalue weighted by atomic mass is 10.1. The average molecular weight is 284 g/mol. The van der Waals surface area contributed by atoms with Gasteiger partial charge in [-0.1, -0.05) is 12.1 Å². The monoisotopic (exact) mass is 284 g/mol. The molecule has 1 aromatic heterocycles. The molecule has 0 bridgehead atoms. The van der Waals surface area contributed by atoms with E-state index >= 15 is 0 Å². The van der Waals surface area contributed by atoms with Crippen LogP contribution in [0.25, 0.3) is 0 Å². The standard InChI is InChI=1S/C12H11F3N4O/c1-19-10(16)7(6-17-19)11(20)18-9-5-3-2-4-8(9)12(13,14)15/h2-6H,16H2,1H3,(H,18,20). The molecule has 2 rings (SSSR count). The molecule has 20 heavy (non-hydrogen) atoms. The molecule has 1 aromatic carbocycles. The topological polar surface area (TPSA) is 72.9 Å². The van der Waals surface area contributed by atoms with E-state index in [1.54, 1.807) is 0 Å². The summed E-state index contributed by atoms with van der Waals surface area (Å²) in [4.78, 5) is 11.9. The van der Waals surface area contributed by atoms with Crippen LogP contribution in [0.1, 0.15) is 15.9 Å². The van der Waals surface area contributed by atoms with Crippen LogP contribution in [0.15, 0.2) is 30.5 Å². The van der Waals surface area contributed by atoms with Gasteiger partial charge in [0, 0.05) is 7.05 Å². The van der Waals surface area contributed by atoms with Crippen molar-refractivity contribution >= 4 is 17.4 Å². The molecule has 0 aliphatic heterocycles. The molecule has 8 heteroatoms. The van der Waals surface area contributed by atoms with Crippen LogP contribution < -0.4 is 11.1 Å². The minimum Gasteiger partial charge on any atom is -0.383 e. The quantitative estimate of drug-likeness (QED) is 0.888. The molecular weight excluding hydrogens is 273 g/mol. The molecule has 0 atom stereocenters. The van der Waals surface area contributed by atoms with Gasteiger partial charge in [-0.2, -0.15) is 18.3 Å². The van der Waals surface area contributed by atoms with Gasteiger partial charge < -0.3 is 11.1 Å². The molecule has 0 saturated carbocycles. The van der Waals surface area contributed by atoms with E-state index in [0.29, 0.717) is 0 Å². The summed E-state index contributed by atoms with van der Waals surface area (Å²) in [5.74, 6) is -0.667. The van der Waals surface area contributed by atoms with Crippen molar-refractivity contribution in [1.29, 1.82) is 0 Å². The van der Waals surface area contributed by atoms with Gasteiger partial charge in [-0.15, -0.1) is 0 Å². The van der Waals surface area contributed by atoms with Crippen LogP contribution in [-0.2, 0) is 13.2 Å². The minimum atomic E-state index is -4.55. The van der Waals surface area contributed by atoms with Crippen LogP contribution in [0.2, 0.25) is 0 Å². The van der Waals surface area contributed by atoms with Crippen molar-refractivity contribution in [3.8, 4) is 0 Å². The summed E-state index contributed by atoms with van der Waals surface area (Å²) in [6.45, 7) is 0. The van der Waals surface area contributed by atoms with Crippen LogP contribution >= 0.6 is 0 Å². The number of aryl methyl sites for hydroxylation is 1. The average Bonchev–Trinajstić information content (AvgIpc) is 2.69. The molecule has 0 fully saturated rings. The second-order valence-electron chi connectivity index (χ2n) is 4.06. The van der Waals surface area contributed by atoms with Crippen LogP contribution in [0, 0.1) is 0 Å². The number of rotatable bonds is 2. The Labute approximate surface area is 112 Å². The van der Waals surface area contributed by atoms with Crippen LogP contribution in [-0.4, -0.2) is 15.7 Å². The number of nitrogens with zero attached hydrogens (tertiary/aromatic N) is 2. The van der Waals surface area contributed by atoms with E-state index in [0.717, 1.165) is 6.07 Å². The molecule has 1 amide bonds. The van der Waals surface area contributed by atoms with Crippen molar-refractivity contribution in [3.05, 3.63) is 41.6 Å². The van der Waals surface area contributed by atoms with E-state index in [9.17, 15) is 18.0 Å². The van der Waals surface area contributed by atoms with Crippen LogP contribution in [0.4, 0.5) is 24.7 Å². The molecule has 5 nitrogen and oxygen atoms in total. The van der Waals surface area contributed by atoms with Gasteiger partial charge >= 0.3 is 6.18 Å². The number of hydrogen-bond acceptors (Lipinski definition) is 3. The summed E-state index contributed by atoms with van der Waals surface area (Å²) in [5, 5.41) is 5.95. The molecule has 0 aliphatic carbocycles. The van der Waals surface area contributed by atoms with Crippen molar-refractivity contribution in [2.45, 2.75) is 6.18 Å². The SMILES string of the molecule is Cn1ncc(C(=O)Nc2ccccc2C(F)(F)F)c1N. The third kappa shape index (κ3) is 2.58. The number of carbonyl (C=O) groups excluding carboxylic acids is 1. The lowest BCUT2D eigenvalue weighted by Gasteiger charge is -2.13. The molecule has 3 N–H and O–H groups in total. The number of amides is 1. The summed E-state index contributed by atoms with van der Waals surface area (Å²) in [6, 6.07) is 4.71. The van der Waals surface area contributed by atoms with Gasteiger partial charge in [0.25, 0.3) is 5.91 Å². The fourth-order valence-electron chi connectivity index (χ4n) is 1.65. The zero-order valence-corrected chi connectivity index (χ0v) is 10.4. The fraction of sp³-hybridized carbons (Fsp3) is 0.167. The highest BCUT2D eigenvalue weighted by atomic mass is 19.4. The minimum absolute atomic E-state index is 0.0180. The second-order valence-corrected chi connectivity index (χ2v) is 4.06. The molecule has 1 heterocycles. The number of aromatic nitrogens is 2. The molecule has 0 radical (unpaired) electrons. The molecule has 2 aromatic rings. The highest BCUT2D eigenvalue weighted by Crippen LogP contribution is 2.34. The number of halogens is 3. The molecule has 0 spiro atoms.